The van der Waals surface area contributed by atoms with E-state index in [-0.39, 0.29) is 17.1 Å². The molecule has 0 spiro atoms. The fraction of sp³-hybridized carbons (Fsp3) is 0.478. The minimum Gasteiger partial charge on any atom is -0.462 e. The van der Waals surface area contributed by atoms with Crippen molar-refractivity contribution in [2.75, 3.05) is 6.61 Å². The highest BCUT2D eigenvalue weighted by Crippen LogP contribution is 2.45. The molecule has 5 nitrogen and oxygen atoms in total. The van der Waals surface area contributed by atoms with E-state index in [2.05, 4.69) is 44.9 Å². The van der Waals surface area contributed by atoms with Gasteiger partial charge in [0, 0.05) is 17.8 Å². The van der Waals surface area contributed by atoms with E-state index in [9.17, 15) is 4.79 Å². The van der Waals surface area contributed by atoms with E-state index in [1.54, 1.807) is 19.1 Å². The quantitative estimate of drug-likeness (QED) is 0.425. The van der Waals surface area contributed by atoms with Gasteiger partial charge in [-0.25, -0.2) is 9.78 Å². The van der Waals surface area contributed by atoms with Gasteiger partial charge in [0.1, 0.15) is 5.75 Å². The van der Waals surface area contributed by atoms with Crippen molar-refractivity contribution in [2.24, 2.45) is 0 Å². The first-order valence-corrected chi connectivity index (χ1v) is 13.1. The number of hydrogen-bond donors (Lipinski definition) is 0. The van der Waals surface area contributed by atoms with Crippen LogP contribution in [0, 0.1) is 0 Å². The van der Waals surface area contributed by atoms with Gasteiger partial charge in [0.15, 0.2) is 8.32 Å². The van der Waals surface area contributed by atoms with Crippen LogP contribution >= 0.6 is 0 Å². The van der Waals surface area contributed by atoms with E-state index in [1.165, 1.54) is 17.3 Å². The van der Waals surface area contributed by atoms with E-state index >= 15 is 0 Å². The van der Waals surface area contributed by atoms with E-state index in [0.29, 0.717) is 18.1 Å². The standard InChI is InChI=1S/C23H31NO4Si/c1-7-26-22(25)16-11-14-21(24-15-16)27-19-10-8-9-17-18(19)12-13-20(17)28-29(5,6)23(2,3)4/h8-11,14-15,20H,7,12-13H2,1-6H3. The maximum Gasteiger partial charge on any atom is 0.339 e. The molecule has 0 saturated carbocycles. The number of esters is 1. The molecule has 0 saturated heterocycles. The molecule has 2 aromatic rings. The van der Waals surface area contributed by atoms with Crippen LogP contribution in [-0.4, -0.2) is 25.9 Å². The number of carbonyl (C=O) groups excluding carboxylic acids is 1. The third-order valence-corrected chi connectivity index (χ3v) is 10.4. The van der Waals surface area contributed by atoms with Gasteiger partial charge in [0.05, 0.1) is 18.3 Å². The smallest absolute Gasteiger partial charge is 0.339 e. The van der Waals surface area contributed by atoms with E-state index in [0.717, 1.165) is 18.6 Å². The first kappa shape index (κ1) is 21.5. The van der Waals surface area contributed by atoms with Crippen LogP contribution in [0.3, 0.4) is 0 Å². The first-order chi connectivity index (χ1) is 13.6. The van der Waals surface area contributed by atoms with Crippen LogP contribution in [0.1, 0.15) is 61.7 Å². The maximum absolute atomic E-state index is 11.8. The van der Waals surface area contributed by atoms with Crippen LogP contribution in [0.4, 0.5) is 0 Å². The lowest BCUT2D eigenvalue weighted by Crippen LogP contribution is -2.41. The normalized spacial score (nSPS) is 16.4. The Labute approximate surface area is 174 Å². The van der Waals surface area contributed by atoms with Gasteiger partial charge in [-0.1, -0.05) is 32.9 Å². The van der Waals surface area contributed by atoms with Gasteiger partial charge in [-0.05, 0) is 55.6 Å². The van der Waals surface area contributed by atoms with Gasteiger partial charge in [-0.3, -0.25) is 0 Å². The van der Waals surface area contributed by atoms with Crippen LogP contribution in [0.2, 0.25) is 18.1 Å². The topological polar surface area (TPSA) is 57.7 Å². The van der Waals surface area contributed by atoms with Gasteiger partial charge in [-0.15, -0.1) is 0 Å². The average molecular weight is 414 g/mol. The third kappa shape index (κ3) is 4.70. The van der Waals surface area contributed by atoms with Crippen molar-refractivity contribution in [3.63, 3.8) is 0 Å². The minimum atomic E-state index is -1.85. The number of benzene rings is 1. The molecule has 29 heavy (non-hydrogen) atoms. The minimum absolute atomic E-state index is 0.119. The molecule has 0 N–H and O–H groups in total. The Balaban J connectivity index is 1.77. The summed E-state index contributed by atoms with van der Waals surface area (Å²) in [7, 11) is -1.85. The summed E-state index contributed by atoms with van der Waals surface area (Å²) in [5.74, 6) is 0.887. The Morgan fingerprint density at radius 3 is 2.59 bits per heavy atom. The van der Waals surface area contributed by atoms with Crippen LogP contribution in [0.25, 0.3) is 0 Å². The molecule has 1 aliphatic carbocycles. The second-order valence-corrected chi connectivity index (χ2v) is 13.7. The van der Waals surface area contributed by atoms with Crippen LogP contribution in [-0.2, 0) is 15.6 Å². The first-order valence-electron chi connectivity index (χ1n) is 10.2. The van der Waals surface area contributed by atoms with Crippen LogP contribution in [0.15, 0.2) is 36.5 Å². The Morgan fingerprint density at radius 2 is 1.97 bits per heavy atom. The molecule has 3 rings (SSSR count). The number of hydrogen-bond acceptors (Lipinski definition) is 5. The summed E-state index contributed by atoms with van der Waals surface area (Å²) in [6.45, 7) is 13.5. The molecule has 0 aliphatic heterocycles. The third-order valence-electron chi connectivity index (χ3n) is 5.88. The molecular formula is C23H31NO4Si. The summed E-state index contributed by atoms with van der Waals surface area (Å²) in [4.78, 5) is 16.0. The molecular weight excluding hydrogens is 382 g/mol. The summed E-state index contributed by atoms with van der Waals surface area (Å²) in [5, 5.41) is 0.175. The summed E-state index contributed by atoms with van der Waals surface area (Å²) in [6.07, 6.45) is 3.50. The zero-order chi connectivity index (χ0) is 21.2. The van der Waals surface area contributed by atoms with Gasteiger partial charge in [0.25, 0.3) is 0 Å². The summed E-state index contributed by atoms with van der Waals surface area (Å²) < 4.78 is 17.7. The van der Waals surface area contributed by atoms with Crippen molar-refractivity contribution in [3.8, 4) is 11.6 Å². The highest BCUT2D eigenvalue weighted by molar-refractivity contribution is 6.74. The predicted octanol–water partition coefficient (Wildman–Crippen LogP) is 6.06. The molecule has 0 radical (unpaired) electrons. The second kappa shape index (κ2) is 8.28. The predicted molar refractivity (Wildman–Crippen MR) is 116 cm³/mol. The average Bonchev–Trinajstić information content (AvgIpc) is 3.05. The van der Waals surface area contributed by atoms with Crippen molar-refractivity contribution in [1.29, 1.82) is 0 Å². The zero-order valence-corrected chi connectivity index (χ0v) is 19.2. The molecule has 1 atom stereocenters. The highest BCUT2D eigenvalue weighted by atomic mass is 28.4. The van der Waals surface area contributed by atoms with Crippen molar-refractivity contribution >= 4 is 14.3 Å². The van der Waals surface area contributed by atoms with E-state index < -0.39 is 8.32 Å². The Kier molecular flexibility index (Phi) is 6.15. The molecule has 0 amide bonds. The summed E-state index contributed by atoms with van der Waals surface area (Å²) >= 11 is 0. The number of pyridine rings is 1. The van der Waals surface area contributed by atoms with E-state index in [1.807, 2.05) is 12.1 Å². The molecule has 0 bridgehead atoms. The zero-order valence-electron chi connectivity index (χ0n) is 18.2. The molecule has 1 heterocycles. The number of ether oxygens (including phenoxy) is 2. The lowest BCUT2D eigenvalue weighted by Gasteiger charge is -2.38. The van der Waals surface area contributed by atoms with Gasteiger partial charge >= 0.3 is 5.97 Å². The van der Waals surface area contributed by atoms with Crippen molar-refractivity contribution < 1.29 is 18.7 Å². The molecule has 6 heteroatoms. The monoisotopic (exact) mass is 413 g/mol. The second-order valence-electron chi connectivity index (χ2n) is 8.94. The van der Waals surface area contributed by atoms with Crippen molar-refractivity contribution in [2.45, 2.75) is 64.8 Å². The molecule has 1 aromatic carbocycles. The van der Waals surface area contributed by atoms with Gasteiger partial charge in [0.2, 0.25) is 5.88 Å². The fourth-order valence-electron chi connectivity index (χ4n) is 3.22. The van der Waals surface area contributed by atoms with Gasteiger partial charge in [-0.2, -0.15) is 0 Å². The van der Waals surface area contributed by atoms with Crippen LogP contribution < -0.4 is 4.74 Å². The van der Waals surface area contributed by atoms with Crippen molar-refractivity contribution in [1.82, 2.24) is 4.98 Å². The molecule has 1 aliphatic rings. The van der Waals surface area contributed by atoms with Crippen molar-refractivity contribution in [3.05, 3.63) is 53.2 Å². The number of fused-ring (bicyclic) bond motifs is 1. The molecule has 156 valence electrons. The highest BCUT2D eigenvalue weighted by Gasteiger charge is 2.41. The van der Waals surface area contributed by atoms with E-state index in [4.69, 9.17) is 13.9 Å². The lowest BCUT2D eigenvalue weighted by atomic mass is 10.1. The Morgan fingerprint density at radius 1 is 1.21 bits per heavy atom. The SMILES string of the molecule is CCOC(=O)c1ccc(Oc2cccc3c2CCC3O[Si](C)(C)C(C)(C)C)nc1. The molecule has 1 unspecified atom stereocenters. The molecule has 0 fully saturated rings. The number of carbonyl (C=O) groups is 1. The summed E-state index contributed by atoms with van der Waals surface area (Å²) in [6, 6.07) is 9.49. The number of nitrogens with zero attached hydrogens (tertiary/aromatic N) is 1. The van der Waals surface area contributed by atoms with Crippen LogP contribution in [0.5, 0.6) is 11.6 Å². The largest absolute Gasteiger partial charge is 0.462 e. The Hall–Kier alpha value is -2.18. The van der Waals surface area contributed by atoms with Gasteiger partial charge < -0.3 is 13.9 Å². The fourth-order valence-corrected chi connectivity index (χ4v) is 4.53. The number of rotatable bonds is 6. The lowest BCUT2D eigenvalue weighted by molar-refractivity contribution is 0.0526. The maximum atomic E-state index is 11.8. The molecule has 1 aromatic heterocycles. The summed E-state index contributed by atoms with van der Waals surface area (Å²) in [5.41, 5.74) is 2.82. The Bertz CT molecular complexity index is 871. The number of aromatic nitrogens is 1.